The van der Waals surface area contributed by atoms with Crippen molar-refractivity contribution in [2.24, 2.45) is 0 Å². The standard InChI is InChI=1S/C18H16N2O3/c1-22-15-9-8-13(10-16(15)23-2)14-11-19-17(20-18(14)21)12-6-4-3-5-7-12/h3-11H,1-2H3,(H,19,20,21). The second-order valence-electron chi connectivity index (χ2n) is 4.91. The number of nitrogens with one attached hydrogen (secondary N) is 1. The number of methoxy groups -OCH3 is 2. The van der Waals surface area contributed by atoms with Crippen LogP contribution in [0.3, 0.4) is 0 Å². The van der Waals surface area contributed by atoms with Crippen molar-refractivity contribution in [2.75, 3.05) is 14.2 Å². The molecule has 5 nitrogen and oxygen atoms in total. The molecule has 5 heteroatoms. The van der Waals surface area contributed by atoms with Gasteiger partial charge in [0.2, 0.25) is 0 Å². The lowest BCUT2D eigenvalue weighted by Crippen LogP contribution is -2.11. The van der Waals surface area contributed by atoms with Crippen LogP contribution in [0.25, 0.3) is 22.5 Å². The lowest BCUT2D eigenvalue weighted by atomic mass is 10.1. The summed E-state index contributed by atoms with van der Waals surface area (Å²) in [6, 6.07) is 14.8. The molecular formula is C18H16N2O3. The van der Waals surface area contributed by atoms with E-state index in [0.29, 0.717) is 22.9 Å². The quantitative estimate of drug-likeness (QED) is 0.804. The fraction of sp³-hybridized carbons (Fsp3) is 0.111. The summed E-state index contributed by atoms with van der Waals surface area (Å²) in [5.74, 6) is 1.72. The largest absolute Gasteiger partial charge is 0.493 e. The molecule has 3 aromatic rings. The Morgan fingerprint density at radius 2 is 1.65 bits per heavy atom. The van der Waals surface area contributed by atoms with E-state index in [2.05, 4.69) is 9.97 Å². The zero-order valence-corrected chi connectivity index (χ0v) is 12.9. The summed E-state index contributed by atoms with van der Waals surface area (Å²) in [5.41, 5.74) is 1.86. The Bertz CT molecular complexity index is 873. The molecule has 0 saturated heterocycles. The average Bonchev–Trinajstić information content (AvgIpc) is 2.61. The molecule has 23 heavy (non-hydrogen) atoms. The summed E-state index contributed by atoms with van der Waals surface area (Å²) >= 11 is 0. The van der Waals surface area contributed by atoms with E-state index in [4.69, 9.17) is 9.47 Å². The predicted octanol–water partition coefficient (Wildman–Crippen LogP) is 3.12. The molecule has 1 heterocycles. The summed E-state index contributed by atoms with van der Waals surface area (Å²) < 4.78 is 10.5. The summed E-state index contributed by atoms with van der Waals surface area (Å²) in [5, 5.41) is 0. The van der Waals surface area contributed by atoms with Crippen molar-refractivity contribution in [3.63, 3.8) is 0 Å². The van der Waals surface area contributed by atoms with E-state index >= 15 is 0 Å². The van der Waals surface area contributed by atoms with Crippen LogP contribution in [0.1, 0.15) is 0 Å². The van der Waals surface area contributed by atoms with E-state index in [0.717, 1.165) is 11.1 Å². The van der Waals surface area contributed by atoms with Crippen LogP contribution >= 0.6 is 0 Å². The molecule has 0 atom stereocenters. The van der Waals surface area contributed by atoms with Gasteiger partial charge in [-0.25, -0.2) is 4.98 Å². The van der Waals surface area contributed by atoms with Gasteiger partial charge in [0.25, 0.3) is 5.56 Å². The lowest BCUT2D eigenvalue weighted by molar-refractivity contribution is 0.355. The van der Waals surface area contributed by atoms with Gasteiger partial charge in [-0.3, -0.25) is 4.79 Å². The number of benzene rings is 2. The first-order chi connectivity index (χ1) is 11.2. The van der Waals surface area contributed by atoms with Crippen LogP contribution in [0.4, 0.5) is 0 Å². The Balaban J connectivity index is 2.03. The Labute approximate surface area is 133 Å². The number of hydrogen-bond donors (Lipinski definition) is 1. The topological polar surface area (TPSA) is 64.2 Å². The van der Waals surface area contributed by atoms with Crippen molar-refractivity contribution in [2.45, 2.75) is 0 Å². The fourth-order valence-electron chi connectivity index (χ4n) is 2.35. The maximum atomic E-state index is 12.4. The van der Waals surface area contributed by atoms with Gasteiger partial charge in [0.15, 0.2) is 11.5 Å². The number of H-pyrrole nitrogens is 1. The van der Waals surface area contributed by atoms with E-state index in [9.17, 15) is 4.79 Å². The van der Waals surface area contributed by atoms with Gasteiger partial charge in [-0.15, -0.1) is 0 Å². The molecule has 0 aliphatic heterocycles. The minimum atomic E-state index is -0.203. The maximum absolute atomic E-state index is 12.4. The lowest BCUT2D eigenvalue weighted by Gasteiger charge is -2.09. The van der Waals surface area contributed by atoms with Crippen molar-refractivity contribution in [1.82, 2.24) is 9.97 Å². The van der Waals surface area contributed by atoms with E-state index in [1.54, 1.807) is 38.6 Å². The van der Waals surface area contributed by atoms with Crippen LogP contribution in [0.5, 0.6) is 11.5 Å². The number of aromatic nitrogens is 2. The number of rotatable bonds is 4. The number of ether oxygens (including phenoxy) is 2. The fourth-order valence-corrected chi connectivity index (χ4v) is 2.35. The highest BCUT2D eigenvalue weighted by Crippen LogP contribution is 2.31. The molecule has 1 N–H and O–H groups in total. The van der Waals surface area contributed by atoms with Gasteiger partial charge in [0.05, 0.1) is 19.8 Å². The highest BCUT2D eigenvalue weighted by atomic mass is 16.5. The zero-order chi connectivity index (χ0) is 16.2. The minimum Gasteiger partial charge on any atom is -0.493 e. The molecule has 0 radical (unpaired) electrons. The third-order valence-corrected chi connectivity index (χ3v) is 3.54. The third kappa shape index (κ3) is 2.94. The smallest absolute Gasteiger partial charge is 0.259 e. The Kier molecular flexibility index (Phi) is 4.10. The van der Waals surface area contributed by atoms with Gasteiger partial charge >= 0.3 is 0 Å². The molecule has 0 fully saturated rings. The SMILES string of the molecule is COc1ccc(-c2cnc(-c3ccccc3)[nH]c2=O)cc1OC. The minimum absolute atomic E-state index is 0.203. The summed E-state index contributed by atoms with van der Waals surface area (Å²) in [7, 11) is 3.13. The van der Waals surface area contributed by atoms with Gasteiger partial charge in [-0.2, -0.15) is 0 Å². The van der Waals surface area contributed by atoms with E-state index in [1.807, 2.05) is 30.3 Å². The number of aromatic amines is 1. The normalized spacial score (nSPS) is 10.3. The zero-order valence-electron chi connectivity index (χ0n) is 12.9. The van der Waals surface area contributed by atoms with Crippen molar-refractivity contribution in [3.05, 3.63) is 65.1 Å². The van der Waals surface area contributed by atoms with E-state index in [1.165, 1.54) is 0 Å². The number of nitrogens with zero attached hydrogens (tertiary/aromatic N) is 1. The van der Waals surface area contributed by atoms with Gasteiger partial charge < -0.3 is 14.5 Å². The Hall–Kier alpha value is -3.08. The van der Waals surface area contributed by atoms with Crippen molar-refractivity contribution >= 4 is 0 Å². The molecule has 1 aromatic heterocycles. The first kappa shape index (κ1) is 14.8. The molecule has 0 spiro atoms. The van der Waals surface area contributed by atoms with Gasteiger partial charge in [0, 0.05) is 11.8 Å². The average molecular weight is 308 g/mol. The summed E-state index contributed by atoms with van der Waals surface area (Å²) in [6.45, 7) is 0. The first-order valence-corrected chi connectivity index (χ1v) is 7.10. The second-order valence-corrected chi connectivity index (χ2v) is 4.91. The van der Waals surface area contributed by atoms with Gasteiger partial charge in [-0.1, -0.05) is 36.4 Å². The van der Waals surface area contributed by atoms with Crippen molar-refractivity contribution in [1.29, 1.82) is 0 Å². The molecule has 0 saturated carbocycles. The van der Waals surface area contributed by atoms with Crippen molar-refractivity contribution < 1.29 is 9.47 Å². The third-order valence-electron chi connectivity index (χ3n) is 3.54. The van der Waals surface area contributed by atoms with Gasteiger partial charge in [-0.05, 0) is 17.7 Å². The summed E-state index contributed by atoms with van der Waals surface area (Å²) in [4.78, 5) is 19.6. The Morgan fingerprint density at radius 1 is 0.913 bits per heavy atom. The van der Waals surface area contributed by atoms with Crippen LogP contribution in [-0.2, 0) is 0 Å². The van der Waals surface area contributed by atoms with Crippen LogP contribution < -0.4 is 15.0 Å². The second kappa shape index (κ2) is 6.36. The molecule has 0 unspecified atom stereocenters. The van der Waals surface area contributed by atoms with Gasteiger partial charge in [0.1, 0.15) is 5.82 Å². The van der Waals surface area contributed by atoms with Crippen LogP contribution in [0.2, 0.25) is 0 Å². The molecule has 0 aliphatic carbocycles. The van der Waals surface area contributed by atoms with Crippen LogP contribution in [0.15, 0.2) is 59.5 Å². The van der Waals surface area contributed by atoms with E-state index < -0.39 is 0 Å². The molecular weight excluding hydrogens is 292 g/mol. The van der Waals surface area contributed by atoms with Crippen molar-refractivity contribution in [3.8, 4) is 34.0 Å². The first-order valence-electron chi connectivity index (χ1n) is 7.10. The monoisotopic (exact) mass is 308 g/mol. The highest BCUT2D eigenvalue weighted by Gasteiger charge is 2.10. The molecule has 3 rings (SSSR count). The van der Waals surface area contributed by atoms with E-state index in [-0.39, 0.29) is 5.56 Å². The maximum Gasteiger partial charge on any atom is 0.259 e. The molecule has 116 valence electrons. The molecule has 0 bridgehead atoms. The molecule has 0 aliphatic rings. The molecule has 2 aromatic carbocycles. The molecule has 0 amide bonds. The highest BCUT2D eigenvalue weighted by molar-refractivity contribution is 5.67. The van der Waals surface area contributed by atoms with Crippen LogP contribution in [-0.4, -0.2) is 24.2 Å². The predicted molar refractivity (Wildman–Crippen MR) is 88.8 cm³/mol. The number of hydrogen-bond acceptors (Lipinski definition) is 4. The van der Waals surface area contributed by atoms with Crippen LogP contribution in [0, 0.1) is 0 Å². The summed E-state index contributed by atoms with van der Waals surface area (Å²) in [6.07, 6.45) is 1.57. The Morgan fingerprint density at radius 3 is 2.30 bits per heavy atom.